The fraction of sp³-hybridized carbons (Fsp3) is 0.281. The van der Waals surface area contributed by atoms with Gasteiger partial charge in [0.05, 0.1) is 12.1 Å². The van der Waals surface area contributed by atoms with E-state index in [1.807, 2.05) is 68.4 Å². The van der Waals surface area contributed by atoms with Crippen LogP contribution in [0.25, 0.3) is 32.6 Å². The number of hydrogen-bond acceptors (Lipinski definition) is 4. The van der Waals surface area contributed by atoms with E-state index in [-0.39, 0.29) is 6.10 Å². The molecule has 1 heterocycles. The predicted molar refractivity (Wildman–Crippen MR) is 149 cm³/mol. The van der Waals surface area contributed by atoms with Crippen molar-refractivity contribution in [3.8, 4) is 5.75 Å². The molecule has 4 aromatic carbocycles. The molecule has 0 aliphatic heterocycles. The zero-order valence-corrected chi connectivity index (χ0v) is 22.1. The maximum atomic E-state index is 13.6. The molecule has 0 amide bonds. The fourth-order valence-corrected chi connectivity index (χ4v) is 5.26. The lowest BCUT2D eigenvalue weighted by Crippen LogP contribution is -2.38. The van der Waals surface area contributed by atoms with Crippen molar-refractivity contribution in [3.63, 3.8) is 0 Å². The summed E-state index contributed by atoms with van der Waals surface area (Å²) in [4.78, 5) is 17.2. The van der Waals surface area contributed by atoms with E-state index in [9.17, 15) is 4.79 Å². The number of ether oxygens (including phenoxy) is 3. The van der Waals surface area contributed by atoms with Crippen LogP contribution in [0, 0.1) is 6.92 Å². The number of H-pyrrole nitrogens is 1. The third kappa shape index (κ3) is 4.34. The molecule has 0 saturated heterocycles. The second-order valence-corrected chi connectivity index (χ2v) is 9.69. The first kappa shape index (κ1) is 24.8. The summed E-state index contributed by atoms with van der Waals surface area (Å²) in [6.07, 6.45) is 0.152. The summed E-state index contributed by atoms with van der Waals surface area (Å²) in [5.74, 6) is 0.441. The number of nitrogens with one attached hydrogen (secondary N) is 1. The Morgan fingerprint density at radius 3 is 2.43 bits per heavy atom. The van der Waals surface area contributed by atoms with Gasteiger partial charge in [-0.15, -0.1) is 0 Å². The molecule has 0 aliphatic carbocycles. The Morgan fingerprint density at radius 1 is 0.973 bits per heavy atom. The second kappa shape index (κ2) is 9.91. The molecule has 1 aromatic heterocycles. The maximum absolute atomic E-state index is 13.6. The Morgan fingerprint density at radius 2 is 1.68 bits per heavy atom. The molecule has 190 valence electrons. The SMILES string of the molecule is CCOc1cc2c([nH]c3ccccc32)c(C[C@H](C)OC(=O)[C@@](C)(OC)c2cccc3ccccc23)c1C. The monoisotopic (exact) mass is 495 g/mol. The lowest BCUT2D eigenvalue weighted by Gasteiger charge is -2.29. The van der Waals surface area contributed by atoms with Gasteiger partial charge in [-0.3, -0.25) is 0 Å². The Bertz CT molecular complexity index is 1600. The van der Waals surface area contributed by atoms with Gasteiger partial charge in [-0.05, 0) is 61.7 Å². The molecule has 2 atom stereocenters. The summed E-state index contributed by atoms with van der Waals surface area (Å²) < 4.78 is 17.9. The van der Waals surface area contributed by atoms with Gasteiger partial charge in [-0.2, -0.15) is 0 Å². The van der Waals surface area contributed by atoms with E-state index in [4.69, 9.17) is 14.2 Å². The van der Waals surface area contributed by atoms with Crippen LogP contribution in [-0.4, -0.2) is 30.8 Å². The minimum absolute atomic E-state index is 0.387. The maximum Gasteiger partial charge on any atom is 0.343 e. The largest absolute Gasteiger partial charge is 0.494 e. The lowest BCUT2D eigenvalue weighted by atomic mass is 9.90. The Balaban J connectivity index is 1.49. The first-order chi connectivity index (χ1) is 17.9. The quantitative estimate of drug-likeness (QED) is 0.231. The number of esters is 1. The second-order valence-electron chi connectivity index (χ2n) is 9.69. The molecule has 1 N–H and O–H groups in total. The zero-order valence-electron chi connectivity index (χ0n) is 22.1. The minimum atomic E-state index is -1.24. The number of carbonyl (C=O) groups is 1. The molecule has 0 saturated carbocycles. The van der Waals surface area contributed by atoms with Crippen molar-refractivity contribution >= 4 is 38.5 Å². The number of para-hydroxylation sites is 1. The normalized spacial score (nSPS) is 14.1. The van der Waals surface area contributed by atoms with Crippen LogP contribution < -0.4 is 4.74 Å². The number of hydrogen-bond donors (Lipinski definition) is 1. The van der Waals surface area contributed by atoms with Crippen LogP contribution >= 0.6 is 0 Å². The molecule has 0 fully saturated rings. The zero-order chi connectivity index (χ0) is 26.2. The van der Waals surface area contributed by atoms with Crippen LogP contribution in [-0.2, 0) is 26.3 Å². The first-order valence-electron chi connectivity index (χ1n) is 12.8. The number of benzene rings is 4. The van der Waals surface area contributed by atoms with Gasteiger partial charge in [0.2, 0.25) is 0 Å². The average Bonchev–Trinajstić information content (AvgIpc) is 3.28. The number of carbonyl (C=O) groups excluding carboxylic acids is 1. The molecule has 5 nitrogen and oxygen atoms in total. The Hall–Kier alpha value is -3.83. The van der Waals surface area contributed by atoms with Crippen LogP contribution in [0.1, 0.15) is 37.5 Å². The number of aromatic nitrogens is 1. The van der Waals surface area contributed by atoms with Crippen molar-refractivity contribution in [3.05, 3.63) is 89.5 Å². The van der Waals surface area contributed by atoms with Crippen LogP contribution in [0.15, 0.2) is 72.8 Å². The Labute approximate surface area is 217 Å². The van der Waals surface area contributed by atoms with Gasteiger partial charge in [0.15, 0.2) is 5.60 Å². The highest BCUT2D eigenvalue weighted by Gasteiger charge is 2.39. The van der Waals surface area contributed by atoms with E-state index < -0.39 is 11.6 Å². The van der Waals surface area contributed by atoms with Crippen molar-refractivity contribution in [2.24, 2.45) is 0 Å². The third-order valence-electron chi connectivity index (χ3n) is 7.35. The molecular weight excluding hydrogens is 462 g/mol. The van der Waals surface area contributed by atoms with Gasteiger partial charge in [0.1, 0.15) is 11.9 Å². The van der Waals surface area contributed by atoms with Gasteiger partial charge < -0.3 is 19.2 Å². The van der Waals surface area contributed by atoms with E-state index in [0.717, 1.165) is 55.0 Å². The van der Waals surface area contributed by atoms with Crippen molar-refractivity contribution in [1.82, 2.24) is 4.98 Å². The van der Waals surface area contributed by atoms with Gasteiger partial charge in [-0.25, -0.2) is 4.79 Å². The molecule has 0 spiro atoms. The summed E-state index contributed by atoms with van der Waals surface area (Å²) in [7, 11) is 1.55. The molecule has 0 unspecified atom stereocenters. The van der Waals surface area contributed by atoms with E-state index in [1.54, 1.807) is 14.0 Å². The van der Waals surface area contributed by atoms with Gasteiger partial charge in [0, 0.05) is 35.4 Å². The topological polar surface area (TPSA) is 60.5 Å². The summed E-state index contributed by atoms with van der Waals surface area (Å²) in [6.45, 7) is 8.34. The van der Waals surface area contributed by atoms with Crippen LogP contribution in [0.5, 0.6) is 5.75 Å². The van der Waals surface area contributed by atoms with Crippen molar-refractivity contribution in [2.75, 3.05) is 13.7 Å². The van der Waals surface area contributed by atoms with E-state index in [1.165, 1.54) is 0 Å². The summed E-state index contributed by atoms with van der Waals surface area (Å²) in [5.41, 5.74) is 3.80. The van der Waals surface area contributed by atoms with Crippen LogP contribution in [0.3, 0.4) is 0 Å². The molecule has 37 heavy (non-hydrogen) atoms. The standard InChI is InChI=1S/C32H33NO4/c1-6-36-29-19-26-24-15-9-10-17-28(24)33-30(26)25(21(29)3)18-20(2)37-31(34)32(4,35-5)27-16-11-13-22-12-7-8-14-23(22)27/h7-17,19-20,33H,6,18H2,1-5H3/t20-,32-/m0/s1. The summed E-state index contributed by atoms with van der Waals surface area (Å²) >= 11 is 0. The highest BCUT2D eigenvalue weighted by molar-refractivity contribution is 6.09. The predicted octanol–water partition coefficient (Wildman–Crippen LogP) is 7.22. The Kier molecular flexibility index (Phi) is 6.65. The molecule has 5 aromatic rings. The minimum Gasteiger partial charge on any atom is -0.494 e. The average molecular weight is 496 g/mol. The highest BCUT2D eigenvalue weighted by atomic mass is 16.6. The lowest BCUT2D eigenvalue weighted by molar-refractivity contribution is -0.173. The molecule has 5 rings (SSSR count). The van der Waals surface area contributed by atoms with Gasteiger partial charge >= 0.3 is 5.97 Å². The number of fused-ring (bicyclic) bond motifs is 4. The highest BCUT2D eigenvalue weighted by Crippen LogP contribution is 2.37. The van der Waals surface area contributed by atoms with Crippen LogP contribution in [0.2, 0.25) is 0 Å². The van der Waals surface area contributed by atoms with Crippen molar-refractivity contribution in [2.45, 2.75) is 45.8 Å². The molecule has 0 bridgehead atoms. The van der Waals surface area contributed by atoms with E-state index in [0.29, 0.717) is 13.0 Å². The van der Waals surface area contributed by atoms with E-state index in [2.05, 4.69) is 30.1 Å². The molecule has 0 radical (unpaired) electrons. The van der Waals surface area contributed by atoms with Gasteiger partial charge in [0.25, 0.3) is 0 Å². The number of rotatable bonds is 8. The smallest absolute Gasteiger partial charge is 0.343 e. The molecule has 0 aliphatic rings. The number of aromatic amines is 1. The van der Waals surface area contributed by atoms with Crippen LogP contribution in [0.4, 0.5) is 0 Å². The third-order valence-corrected chi connectivity index (χ3v) is 7.35. The molecular formula is C32H33NO4. The number of methoxy groups -OCH3 is 1. The van der Waals surface area contributed by atoms with Crippen molar-refractivity contribution in [1.29, 1.82) is 0 Å². The van der Waals surface area contributed by atoms with Gasteiger partial charge in [-0.1, -0.05) is 60.7 Å². The van der Waals surface area contributed by atoms with E-state index >= 15 is 0 Å². The first-order valence-corrected chi connectivity index (χ1v) is 12.8. The summed E-state index contributed by atoms with van der Waals surface area (Å²) in [6, 6.07) is 24.3. The van der Waals surface area contributed by atoms with Crippen molar-refractivity contribution < 1.29 is 19.0 Å². The fourth-order valence-electron chi connectivity index (χ4n) is 5.26. The summed E-state index contributed by atoms with van der Waals surface area (Å²) in [5, 5.41) is 4.27. The molecule has 5 heteroatoms.